The highest BCUT2D eigenvalue weighted by atomic mass is 32.2. The zero-order valence-corrected chi connectivity index (χ0v) is 13.0. The summed E-state index contributed by atoms with van der Waals surface area (Å²) in [6.45, 7) is 0. The zero-order valence-electron chi connectivity index (χ0n) is 12.2. The van der Waals surface area contributed by atoms with Crippen molar-refractivity contribution >= 4 is 21.0 Å². The molecular formula is C15H15N3O3S. The monoisotopic (exact) mass is 317 g/mol. The van der Waals surface area contributed by atoms with Crippen LogP contribution in [-0.2, 0) is 15.6 Å². The summed E-state index contributed by atoms with van der Waals surface area (Å²) >= 11 is 0. The van der Waals surface area contributed by atoms with Gasteiger partial charge in [0.2, 0.25) is 0 Å². The summed E-state index contributed by atoms with van der Waals surface area (Å²) in [6, 6.07) is 9.01. The molecule has 0 aliphatic rings. The molecule has 6 nitrogen and oxygen atoms in total. The Morgan fingerprint density at radius 3 is 2.77 bits per heavy atom. The first kappa shape index (κ1) is 14.5. The number of H-pyrrole nitrogens is 1. The standard InChI is InChI=1S/C15H15N3O3S/c1-21-13-8-10(9-22(2,19)20)5-6-11(13)14-17-12-4-3-7-16-15(12)18-14/h3-8H,9H2,1-2H3,(H,16,17,18). The molecule has 0 bridgehead atoms. The fourth-order valence-electron chi connectivity index (χ4n) is 2.30. The number of aromatic amines is 1. The van der Waals surface area contributed by atoms with Crippen LogP contribution in [0.4, 0.5) is 0 Å². The van der Waals surface area contributed by atoms with Crippen molar-refractivity contribution in [3.05, 3.63) is 42.1 Å². The molecule has 2 heterocycles. The number of fused-ring (bicyclic) bond motifs is 1. The number of nitrogens with one attached hydrogen (secondary N) is 1. The number of nitrogens with zero attached hydrogens (tertiary/aromatic N) is 2. The highest BCUT2D eigenvalue weighted by Crippen LogP contribution is 2.30. The van der Waals surface area contributed by atoms with Crippen LogP contribution in [0.15, 0.2) is 36.5 Å². The first-order valence-electron chi connectivity index (χ1n) is 6.62. The van der Waals surface area contributed by atoms with Crippen molar-refractivity contribution in [1.29, 1.82) is 0 Å². The lowest BCUT2D eigenvalue weighted by Crippen LogP contribution is -2.01. The van der Waals surface area contributed by atoms with Crippen LogP contribution in [0.1, 0.15) is 5.56 Å². The molecule has 2 aromatic heterocycles. The van der Waals surface area contributed by atoms with Gasteiger partial charge in [-0.15, -0.1) is 0 Å². The number of sulfone groups is 1. The van der Waals surface area contributed by atoms with Gasteiger partial charge in [-0.1, -0.05) is 6.07 Å². The molecule has 3 aromatic rings. The van der Waals surface area contributed by atoms with E-state index >= 15 is 0 Å². The predicted octanol–water partition coefficient (Wildman–Crippen LogP) is 2.18. The van der Waals surface area contributed by atoms with E-state index in [0.29, 0.717) is 22.8 Å². The van der Waals surface area contributed by atoms with Gasteiger partial charge < -0.3 is 9.72 Å². The third kappa shape index (κ3) is 2.94. The first-order valence-corrected chi connectivity index (χ1v) is 8.68. The van der Waals surface area contributed by atoms with Crippen LogP contribution in [-0.4, -0.2) is 36.7 Å². The maximum Gasteiger partial charge on any atom is 0.178 e. The number of hydrogen-bond donors (Lipinski definition) is 1. The molecule has 3 rings (SSSR count). The molecule has 0 spiro atoms. The van der Waals surface area contributed by atoms with Gasteiger partial charge >= 0.3 is 0 Å². The lowest BCUT2D eigenvalue weighted by atomic mass is 10.1. The molecule has 0 aliphatic heterocycles. The van der Waals surface area contributed by atoms with E-state index in [4.69, 9.17) is 4.74 Å². The summed E-state index contributed by atoms with van der Waals surface area (Å²) in [5.74, 6) is 1.18. The van der Waals surface area contributed by atoms with Gasteiger partial charge in [0.25, 0.3) is 0 Å². The third-order valence-corrected chi connectivity index (χ3v) is 4.07. The molecule has 0 unspecified atom stereocenters. The van der Waals surface area contributed by atoms with Gasteiger partial charge in [-0.3, -0.25) is 0 Å². The molecule has 1 N–H and O–H groups in total. The number of imidazole rings is 1. The van der Waals surface area contributed by atoms with E-state index in [-0.39, 0.29) is 5.75 Å². The van der Waals surface area contributed by atoms with Crippen molar-refractivity contribution in [3.63, 3.8) is 0 Å². The van der Waals surface area contributed by atoms with Crippen molar-refractivity contribution in [2.45, 2.75) is 5.75 Å². The van der Waals surface area contributed by atoms with Crippen molar-refractivity contribution in [2.24, 2.45) is 0 Å². The number of hydrogen-bond acceptors (Lipinski definition) is 5. The van der Waals surface area contributed by atoms with Gasteiger partial charge in [0.05, 0.1) is 23.9 Å². The topological polar surface area (TPSA) is 84.9 Å². The number of pyridine rings is 1. The second-order valence-corrected chi connectivity index (χ2v) is 7.20. The number of rotatable bonds is 4. The van der Waals surface area contributed by atoms with Crippen molar-refractivity contribution < 1.29 is 13.2 Å². The van der Waals surface area contributed by atoms with Gasteiger partial charge in [-0.25, -0.2) is 18.4 Å². The molecule has 0 saturated carbocycles. The van der Waals surface area contributed by atoms with Crippen LogP contribution in [0.2, 0.25) is 0 Å². The summed E-state index contributed by atoms with van der Waals surface area (Å²) in [7, 11) is -1.54. The van der Waals surface area contributed by atoms with Gasteiger partial charge in [-0.05, 0) is 29.8 Å². The molecule has 0 amide bonds. The molecule has 0 fully saturated rings. The lowest BCUT2D eigenvalue weighted by Gasteiger charge is -2.08. The normalized spacial score (nSPS) is 11.7. The molecule has 0 atom stereocenters. The minimum atomic E-state index is -3.09. The van der Waals surface area contributed by atoms with Crippen LogP contribution >= 0.6 is 0 Å². The Kier molecular flexibility index (Phi) is 3.58. The van der Waals surface area contributed by atoms with Gasteiger partial charge in [0, 0.05) is 12.5 Å². The van der Waals surface area contributed by atoms with Crippen molar-refractivity contribution in [1.82, 2.24) is 15.0 Å². The molecule has 114 valence electrons. The fraction of sp³-hybridized carbons (Fsp3) is 0.200. The number of ether oxygens (including phenoxy) is 1. The lowest BCUT2D eigenvalue weighted by molar-refractivity contribution is 0.416. The molecule has 0 saturated heterocycles. The Morgan fingerprint density at radius 1 is 1.27 bits per heavy atom. The minimum absolute atomic E-state index is 0.0225. The van der Waals surface area contributed by atoms with Crippen LogP contribution in [0.5, 0.6) is 5.75 Å². The van der Waals surface area contributed by atoms with Gasteiger partial charge in [-0.2, -0.15) is 0 Å². The SMILES string of the molecule is COc1cc(CS(C)(=O)=O)ccc1-c1nc2ncccc2[nH]1. The van der Waals surface area contributed by atoms with E-state index in [0.717, 1.165) is 11.1 Å². The Balaban J connectivity index is 2.06. The molecule has 0 radical (unpaired) electrons. The number of benzene rings is 1. The molecule has 1 aromatic carbocycles. The van der Waals surface area contributed by atoms with Crippen molar-refractivity contribution in [2.75, 3.05) is 13.4 Å². The zero-order chi connectivity index (χ0) is 15.7. The van der Waals surface area contributed by atoms with Crippen LogP contribution in [0.3, 0.4) is 0 Å². The van der Waals surface area contributed by atoms with Crippen LogP contribution < -0.4 is 4.74 Å². The van der Waals surface area contributed by atoms with E-state index in [1.807, 2.05) is 12.1 Å². The van der Waals surface area contributed by atoms with E-state index in [2.05, 4.69) is 15.0 Å². The summed E-state index contributed by atoms with van der Waals surface area (Å²) < 4.78 is 28.2. The molecule has 0 aliphatic carbocycles. The van der Waals surface area contributed by atoms with Gasteiger partial charge in [0.15, 0.2) is 15.5 Å². The maximum absolute atomic E-state index is 11.4. The predicted molar refractivity (Wildman–Crippen MR) is 84.4 cm³/mol. The average Bonchev–Trinajstić information content (AvgIpc) is 2.89. The van der Waals surface area contributed by atoms with Gasteiger partial charge in [0.1, 0.15) is 11.6 Å². The minimum Gasteiger partial charge on any atom is -0.496 e. The quantitative estimate of drug-likeness (QED) is 0.797. The maximum atomic E-state index is 11.4. The highest BCUT2D eigenvalue weighted by molar-refractivity contribution is 7.89. The van der Waals surface area contributed by atoms with E-state index in [1.165, 1.54) is 6.26 Å². The summed E-state index contributed by atoms with van der Waals surface area (Å²) in [6.07, 6.45) is 2.89. The molecule has 22 heavy (non-hydrogen) atoms. The average molecular weight is 317 g/mol. The fourth-order valence-corrected chi connectivity index (χ4v) is 3.08. The Bertz CT molecular complexity index is 899. The van der Waals surface area contributed by atoms with E-state index < -0.39 is 9.84 Å². The Morgan fingerprint density at radius 2 is 2.09 bits per heavy atom. The van der Waals surface area contributed by atoms with Crippen molar-refractivity contribution in [3.8, 4) is 17.1 Å². The molecule has 7 heteroatoms. The highest BCUT2D eigenvalue weighted by Gasteiger charge is 2.13. The summed E-state index contributed by atoms with van der Waals surface area (Å²) in [5, 5.41) is 0. The number of aromatic nitrogens is 3. The van der Waals surface area contributed by atoms with Crippen LogP contribution in [0.25, 0.3) is 22.6 Å². The smallest absolute Gasteiger partial charge is 0.178 e. The Labute approximate surface area is 128 Å². The number of methoxy groups -OCH3 is 1. The van der Waals surface area contributed by atoms with E-state index in [1.54, 1.807) is 31.5 Å². The second-order valence-electron chi connectivity index (χ2n) is 5.06. The third-order valence-electron chi connectivity index (χ3n) is 3.21. The first-order chi connectivity index (χ1) is 10.5. The second kappa shape index (κ2) is 5.42. The molecular weight excluding hydrogens is 302 g/mol. The largest absolute Gasteiger partial charge is 0.496 e. The van der Waals surface area contributed by atoms with Crippen LogP contribution in [0, 0.1) is 0 Å². The summed E-state index contributed by atoms with van der Waals surface area (Å²) in [4.78, 5) is 11.8. The van der Waals surface area contributed by atoms with E-state index in [9.17, 15) is 8.42 Å². The Hall–Kier alpha value is -2.41. The summed E-state index contributed by atoms with van der Waals surface area (Å²) in [5.41, 5.74) is 2.90.